The number of fused-ring (bicyclic) bond motifs is 1. The highest BCUT2D eigenvalue weighted by Crippen LogP contribution is 2.23. The molecule has 5 nitrogen and oxygen atoms in total. The molecule has 0 saturated carbocycles. The topological polar surface area (TPSA) is 62.3 Å². The van der Waals surface area contributed by atoms with Gasteiger partial charge in [0, 0.05) is 13.2 Å². The zero-order chi connectivity index (χ0) is 9.47. The van der Waals surface area contributed by atoms with Crippen LogP contribution in [0.25, 0.3) is 0 Å². The summed E-state index contributed by atoms with van der Waals surface area (Å²) >= 11 is 0. The first-order valence-electron chi connectivity index (χ1n) is 3.77. The van der Waals surface area contributed by atoms with Gasteiger partial charge in [-0.3, -0.25) is 0 Å². The molecule has 0 amide bonds. The Balaban J connectivity index is 2.68. The summed E-state index contributed by atoms with van der Waals surface area (Å²) in [5.41, 5.74) is 0. The molecule has 1 N–H and O–H groups in total. The van der Waals surface area contributed by atoms with E-state index < -0.39 is 10.0 Å². The van der Waals surface area contributed by atoms with Crippen LogP contribution in [0, 0.1) is 0 Å². The molecule has 2 heterocycles. The smallest absolute Gasteiger partial charge is 0.245 e. The summed E-state index contributed by atoms with van der Waals surface area (Å²) < 4.78 is 25.3. The largest absolute Gasteiger partial charge is 0.345 e. The molecule has 0 unspecified atom stereocenters. The molecule has 70 valence electrons. The van der Waals surface area contributed by atoms with Crippen molar-refractivity contribution in [3.8, 4) is 0 Å². The van der Waals surface area contributed by atoms with E-state index in [1.165, 1.54) is 0 Å². The van der Waals surface area contributed by atoms with Crippen LogP contribution in [0.5, 0.6) is 0 Å². The molecule has 0 aromatic carbocycles. The minimum Gasteiger partial charge on any atom is -0.345 e. The van der Waals surface area contributed by atoms with E-state index in [1.54, 1.807) is 30.3 Å². The van der Waals surface area contributed by atoms with E-state index in [0.717, 1.165) is 0 Å². The number of rotatable bonds is 0. The van der Waals surface area contributed by atoms with Crippen LogP contribution >= 0.6 is 0 Å². The van der Waals surface area contributed by atoms with Crippen LogP contribution in [0.2, 0.25) is 0 Å². The van der Waals surface area contributed by atoms with Crippen LogP contribution in [0.15, 0.2) is 23.2 Å². The van der Waals surface area contributed by atoms with Gasteiger partial charge in [0.05, 0.1) is 6.67 Å². The van der Waals surface area contributed by atoms with Gasteiger partial charge >= 0.3 is 0 Å². The van der Waals surface area contributed by atoms with Gasteiger partial charge in [0.2, 0.25) is 10.0 Å². The van der Waals surface area contributed by atoms with Crippen LogP contribution in [0.1, 0.15) is 0 Å². The number of nitrogens with one attached hydrogen (secondary N) is 1. The third kappa shape index (κ3) is 1.27. The summed E-state index contributed by atoms with van der Waals surface area (Å²) in [4.78, 5) is 5.99. The molecule has 1 aromatic rings. The van der Waals surface area contributed by atoms with E-state index in [-0.39, 0.29) is 11.6 Å². The Labute approximate surface area is 76.4 Å². The van der Waals surface area contributed by atoms with E-state index >= 15 is 0 Å². The van der Waals surface area contributed by atoms with Gasteiger partial charge in [0.15, 0.2) is 0 Å². The molecule has 6 heteroatoms. The van der Waals surface area contributed by atoms with E-state index in [0.29, 0.717) is 5.82 Å². The van der Waals surface area contributed by atoms with Gasteiger partial charge in [0.1, 0.15) is 10.7 Å². The lowest BCUT2D eigenvalue weighted by Gasteiger charge is -2.25. The minimum atomic E-state index is -3.33. The first-order valence-corrected chi connectivity index (χ1v) is 5.25. The highest BCUT2D eigenvalue weighted by Gasteiger charge is 2.26. The number of hydrogen-bond acceptors (Lipinski definition) is 4. The molecule has 0 radical (unpaired) electrons. The molecule has 0 atom stereocenters. The quantitative estimate of drug-likeness (QED) is 0.626. The van der Waals surface area contributed by atoms with E-state index in [2.05, 4.69) is 9.71 Å². The number of hydrogen-bond donors (Lipinski definition) is 1. The maximum atomic E-state index is 11.4. The molecular formula is C7H9N3O2S. The lowest BCUT2D eigenvalue weighted by Crippen LogP contribution is -2.41. The third-order valence-corrected chi connectivity index (χ3v) is 3.30. The van der Waals surface area contributed by atoms with E-state index in [9.17, 15) is 8.42 Å². The van der Waals surface area contributed by atoms with Crippen LogP contribution in [0.4, 0.5) is 5.82 Å². The fourth-order valence-corrected chi connectivity index (χ4v) is 2.44. The summed E-state index contributed by atoms with van der Waals surface area (Å²) in [7, 11) is -1.54. The number of anilines is 1. The van der Waals surface area contributed by atoms with Gasteiger partial charge in [-0.1, -0.05) is 0 Å². The molecule has 0 bridgehead atoms. The minimum absolute atomic E-state index is 0.240. The Bertz CT molecular complexity index is 429. The van der Waals surface area contributed by atoms with E-state index in [1.807, 2.05) is 0 Å². The molecule has 0 saturated heterocycles. The summed E-state index contributed by atoms with van der Waals surface area (Å²) in [6.07, 6.45) is 1.58. The van der Waals surface area contributed by atoms with Crippen molar-refractivity contribution >= 4 is 15.8 Å². The van der Waals surface area contributed by atoms with Crippen LogP contribution in [-0.4, -0.2) is 27.1 Å². The highest BCUT2D eigenvalue weighted by molar-refractivity contribution is 7.89. The average molecular weight is 199 g/mol. The lowest BCUT2D eigenvalue weighted by molar-refractivity contribution is 0.573. The lowest BCUT2D eigenvalue weighted by atomic mass is 10.4. The van der Waals surface area contributed by atoms with Gasteiger partial charge in [0.25, 0.3) is 0 Å². The molecule has 0 aliphatic carbocycles. The highest BCUT2D eigenvalue weighted by atomic mass is 32.2. The van der Waals surface area contributed by atoms with Crippen molar-refractivity contribution in [1.82, 2.24) is 9.71 Å². The fourth-order valence-electron chi connectivity index (χ4n) is 1.21. The van der Waals surface area contributed by atoms with Gasteiger partial charge in [-0.15, -0.1) is 0 Å². The van der Waals surface area contributed by atoms with Crippen molar-refractivity contribution in [2.75, 3.05) is 18.6 Å². The van der Waals surface area contributed by atoms with Crippen molar-refractivity contribution < 1.29 is 8.42 Å². The monoisotopic (exact) mass is 199 g/mol. The van der Waals surface area contributed by atoms with Crippen LogP contribution in [-0.2, 0) is 10.0 Å². The third-order valence-electron chi connectivity index (χ3n) is 1.89. The average Bonchev–Trinajstić information content (AvgIpc) is 2.13. The summed E-state index contributed by atoms with van der Waals surface area (Å²) in [5, 5.41) is 0. The molecular weight excluding hydrogens is 190 g/mol. The van der Waals surface area contributed by atoms with Crippen molar-refractivity contribution in [1.29, 1.82) is 0 Å². The van der Waals surface area contributed by atoms with Gasteiger partial charge in [-0.25, -0.2) is 13.4 Å². The molecule has 1 aliphatic heterocycles. The number of pyridine rings is 1. The zero-order valence-electron chi connectivity index (χ0n) is 7.06. The predicted molar refractivity (Wildman–Crippen MR) is 47.8 cm³/mol. The molecule has 2 rings (SSSR count). The SMILES string of the molecule is CN1CNS(=O)(=O)c2cccnc21. The Morgan fingerprint density at radius 1 is 1.62 bits per heavy atom. The number of aromatic nitrogens is 1. The number of sulfonamides is 1. The summed E-state index contributed by atoms with van der Waals surface area (Å²) in [6.45, 7) is 0.270. The van der Waals surface area contributed by atoms with Crippen molar-refractivity contribution in [3.63, 3.8) is 0 Å². The van der Waals surface area contributed by atoms with Gasteiger partial charge in [-0.05, 0) is 12.1 Å². The molecule has 1 aromatic heterocycles. The van der Waals surface area contributed by atoms with Crippen LogP contribution in [0.3, 0.4) is 0 Å². The Hall–Kier alpha value is -1.14. The molecule has 1 aliphatic rings. The van der Waals surface area contributed by atoms with Crippen molar-refractivity contribution in [2.45, 2.75) is 4.90 Å². The van der Waals surface area contributed by atoms with E-state index in [4.69, 9.17) is 0 Å². The normalized spacial score (nSPS) is 19.6. The molecule has 0 fully saturated rings. The zero-order valence-corrected chi connectivity index (χ0v) is 7.87. The van der Waals surface area contributed by atoms with Crippen molar-refractivity contribution in [2.24, 2.45) is 0 Å². The second kappa shape index (κ2) is 2.68. The maximum Gasteiger partial charge on any atom is 0.245 e. The first kappa shape index (κ1) is 8.46. The molecule has 0 spiro atoms. The first-order chi connectivity index (χ1) is 6.11. The van der Waals surface area contributed by atoms with Crippen molar-refractivity contribution in [3.05, 3.63) is 18.3 Å². The standard InChI is InChI=1S/C7H9N3O2S/c1-10-5-9-13(11,12)6-3-2-4-8-7(6)10/h2-4,9H,5H2,1H3. The van der Waals surface area contributed by atoms with Crippen LogP contribution < -0.4 is 9.62 Å². The maximum absolute atomic E-state index is 11.4. The Morgan fingerprint density at radius 2 is 2.38 bits per heavy atom. The second-order valence-electron chi connectivity index (χ2n) is 2.83. The molecule has 13 heavy (non-hydrogen) atoms. The Kier molecular flexibility index (Phi) is 1.74. The fraction of sp³-hybridized carbons (Fsp3) is 0.286. The Morgan fingerprint density at radius 3 is 3.08 bits per heavy atom. The number of nitrogens with zero attached hydrogens (tertiary/aromatic N) is 2. The summed E-state index contributed by atoms with van der Waals surface area (Å²) in [6, 6.07) is 3.15. The summed E-state index contributed by atoms with van der Waals surface area (Å²) in [5.74, 6) is 0.501. The second-order valence-corrected chi connectivity index (χ2v) is 4.56. The van der Waals surface area contributed by atoms with Gasteiger partial charge < -0.3 is 4.90 Å². The van der Waals surface area contributed by atoms with Gasteiger partial charge in [-0.2, -0.15) is 4.72 Å². The predicted octanol–water partition coefficient (Wildman–Crippen LogP) is -0.233.